The van der Waals surface area contributed by atoms with E-state index in [2.05, 4.69) is 25.3 Å². The van der Waals surface area contributed by atoms with Gasteiger partial charge < -0.3 is 4.42 Å². The van der Waals surface area contributed by atoms with Crippen molar-refractivity contribution in [1.29, 1.82) is 0 Å². The maximum Gasteiger partial charge on any atom is 0.247 e. The second kappa shape index (κ2) is 5.81. The molecule has 0 radical (unpaired) electrons. The minimum Gasteiger partial charge on any atom is -0.420 e. The monoisotopic (exact) mass is 324 g/mol. The molecule has 8 heteroatoms. The molecule has 3 aromatic heterocycles. The van der Waals surface area contributed by atoms with E-state index in [4.69, 9.17) is 4.42 Å². The molecule has 7 nitrogen and oxygen atoms in total. The van der Waals surface area contributed by atoms with Gasteiger partial charge in [-0.25, -0.2) is 9.97 Å². The third-order valence-electron chi connectivity index (χ3n) is 3.31. The number of aryl methyl sites for hydroxylation is 1. The summed E-state index contributed by atoms with van der Waals surface area (Å²) in [5, 5.41) is 14.2. The van der Waals surface area contributed by atoms with E-state index in [1.807, 2.05) is 37.4 Å². The van der Waals surface area contributed by atoms with Crippen LogP contribution in [0.15, 0.2) is 52.3 Å². The zero-order chi connectivity index (χ0) is 15.6. The average molecular weight is 324 g/mol. The minimum atomic E-state index is 0.524. The van der Waals surface area contributed by atoms with Gasteiger partial charge in [0.05, 0.1) is 17.3 Å². The van der Waals surface area contributed by atoms with Crippen LogP contribution in [0.4, 0.5) is 0 Å². The van der Waals surface area contributed by atoms with Gasteiger partial charge >= 0.3 is 0 Å². The van der Waals surface area contributed by atoms with Crippen molar-refractivity contribution in [2.75, 3.05) is 0 Å². The molecule has 0 N–H and O–H groups in total. The largest absolute Gasteiger partial charge is 0.420 e. The van der Waals surface area contributed by atoms with Crippen molar-refractivity contribution in [3.63, 3.8) is 0 Å². The average Bonchev–Trinajstić information content (AvgIpc) is 3.22. The predicted octanol–water partition coefficient (Wildman–Crippen LogP) is 2.71. The SMILES string of the molecule is Cn1ncc2c(SCc3nnc(-c4ccccc4)o3)ncnc21. The molecule has 0 saturated carbocycles. The van der Waals surface area contributed by atoms with E-state index < -0.39 is 0 Å². The van der Waals surface area contributed by atoms with Crippen molar-refractivity contribution in [1.82, 2.24) is 29.9 Å². The Balaban J connectivity index is 1.54. The number of hydrogen-bond acceptors (Lipinski definition) is 7. The summed E-state index contributed by atoms with van der Waals surface area (Å²) in [6.45, 7) is 0. The molecule has 0 fully saturated rings. The van der Waals surface area contributed by atoms with Crippen LogP contribution in [0.3, 0.4) is 0 Å². The van der Waals surface area contributed by atoms with Crippen LogP contribution in [0.1, 0.15) is 5.89 Å². The Labute approximate surface area is 135 Å². The van der Waals surface area contributed by atoms with E-state index in [9.17, 15) is 0 Å². The lowest BCUT2D eigenvalue weighted by Crippen LogP contribution is -1.93. The first-order valence-electron chi connectivity index (χ1n) is 6.94. The Bertz CT molecular complexity index is 949. The van der Waals surface area contributed by atoms with Crippen LogP contribution in [0.25, 0.3) is 22.5 Å². The van der Waals surface area contributed by atoms with Gasteiger partial charge in [-0.3, -0.25) is 4.68 Å². The summed E-state index contributed by atoms with van der Waals surface area (Å²) in [4.78, 5) is 8.53. The van der Waals surface area contributed by atoms with E-state index in [1.165, 1.54) is 18.1 Å². The number of benzene rings is 1. The topological polar surface area (TPSA) is 82.5 Å². The van der Waals surface area contributed by atoms with E-state index in [0.717, 1.165) is 21.6 Å². The van der Waals surface area contributed by atoms with Gasteiger partial charge in [-0.15, -0.1) is 10.2 Å². The van der Waals surface area contributed by atoms with Crippen molar-refractivity contribution in [2.45, 2.75) is 10.8 Å². The van der Waals surface area contributed by atoms with E-state index in [0.29, 0.717) is 17.5 Å². The van der Waals surface area contributed by atoms with Crippen LogP contribution >= 0.6 is 11.8 Å². The molecule has 0 spiro atoms. The molecule has 1 aromatic carbocycles. The van der Waals surface area contributed by atoms with Crippen LogP contribution in [-0.4, -0.2) is 29.9 Å². The van der Waals surface area contributed by atoms with Gasteiger partial charge in [-0.2, -0.15) is 5.10 Å². The van der Waals surface area contributed by atoms with Gasteiger partial charge in [0.25, 0.3) is 0 Å². The molecule has 0 unspecified atom stereocenters. The number of thioether (sulfide) groups is 1. The molecule has 4 rings (SSSR count). The zero-order valence-corrected chi connectivity index (χ0v) is 13.1. The molecule has 114 valence electrons. The fourth-order valence-corrected chi connectivity index (χ4v) is 2.99. The maximum absolute atomic E-state index is 5.70. The summed E-state index contributed by atoms with van der Waals surface area (Å²) in [7, 11) is 1.86. The second-order valence-corrected chi connectivity index (χ2v) is 5.80. The van der Waals surface area contributed by atoms with Gasteiger partial charge in [0.2, 0.25) is 11.8 Å². The van der Waals surface area contributed by atoms with E-state index in [-0.39, 0.29) is 0 Å². The lowest BCUT2D eigenvalue weighted by molar-refractivity contribution is 0.528. The van der Waals surface area contributed by atoms with E-state index in [1.54, 1.807) is 10.9 Å². The first-order chi connectivity index (χ1) is 11.3. The zero-order valence-electron chi connectivity index (χ0n) is 12.2. The normalized spacial score (nSPS) is 11.2. The summed E-state index contributed by atoms with van der Waals surface area (Å²) in [5.41, 5.74) is 1.71. The lowest BCUT2D eigenvalue weighted by atomic mass is 10.2. The fourth-order valence-electron chi connectivity index (χ4n) is 2.20. The molecule has 23 heavy (non-hydrogen) atoms. The highest BCUT2D eigenvalue weighted by Crippen LogP contribution is 2.27. The van der Waals surface area contributed by atoms with Crippen molar-refractivity contribution in [3.8, 4) is 11.5 Å². The summed E-state index contributed by atoms with van der Waals surface area (Å²) in [6.07, 6.45) is 3.30. The number of rotatable bonds is 4. The molecule has 3 heterocycles. The Morgan fingerprint density at radius 2 is 2.00 bits per heavy atom. The summed E-state index contributed by atoms with van der Waals surface area (Å²) < 4.78 is 7.42. The van der Waals surface area contributed by atoms with Gasteiger partial charge in [-0.1, -0.05) is 30.0 Å². The molecule has 0 amide bonds. The molecule has 0 aliphatic heterocycles. The fraction of sp³-hybridized carbons (Fsp3) is 0.133. The summed E-state index contributed by atoms with van der Waals surface area (Å²) in [6, 6.07) is 9.70. The highest BCUT2D eigenvalue weighted by atomic mass is 32.2. The minimum absolute atomic E-state index is 0.524. The van der Waals surface area contributed by atoms with Crippen molar-refractivity contribution in [2.24, 2.45) is 7.05 Å². The highest BCUT2D eigenvalue weighted by Gasteiger charge is 2.12. The molecule has 0 bridgehead atoms. The Kier molecular flexibility index (Phi) is 3.51. The second-order valence-electron chi connectivity index (χ2n) is 4.84. The maximum atomic E-state index is 5.70. The van der Waals surface area contributed by atoms with Crippen LogP contribution < -0.4 is 0 Å². The Morgan fingerprint density at radius 1 is 1.13 bits per heavy atom. The first-order valence-corrected chi connectivity index (χ1v) is 7.93. The standard InChI is InChI=1S/C15H12N6OS/c1-21-13-11(7-18-21)15(17-9-16-13)23-8-12-19-20-14(22-12)10-5-3-2-4-6-10/h2-7,9H,8H2,1H3. The van der Waals surface area contributed by atoms with Crippen molar-refractivity contribution in [3.05, 3.63) is 48.7 Å². The Morgan fingerprint density at radius 3 is 2.87 bits per heavy atom. The smallest absolute Gasteiger partial charge is 0.247 e. The molecular formula is C15H12N6OS. The van der Waals surface area contributed by atoms with Crippen LogP contribution in [-0.2, 0) is 12.8 Å². The van der Waals surface area contributed by atoms with E-state index >= 15 is 0 Å². The lowest BCUT2D eigenvalue weighted by Gasteiger charge is -1.99. The molecule has 0 saturated heterocycles. The molecular weight excluding hydrogens is 312 g/mol. The summed E-state index contributed by atoms with van der Waals surface area (Å²) >= 11 is 1.52. The number of nitrogens with zero attached hydrogens (tertiary/aromatic N) is 6. The van der Waals surface area contributed by atoms with Crippen LogP contribution in [0.2, 0.25) is 0 Å². The van der Waals surface area contributed by atoms with Crippen molar-refractivity contribution >= 4 is 22.8 Å². The van der Waals surface area contributed by atoms with Crippen LogP contribution in [0.5, 0.6) is 0 Å². The highest BCUT2D eigenvalue weighted by molar-refractivity contribution is 7.98. The third-order valence-corrected chi connectivity index (χ3v) is 4.30. The molecule has 0 atom stereocenters. The summed E-state index contributed by atoms with van der Waals surface area (Å²) in [5.74, 6) is 1.63. The molecule has 0 aliphatic rings. The molecule has 4 aromatic rings. The van der Waals surface area contributed by atoms with Crippen LogP contribution in [0, 0.1) is 0 Å². The predicted molar refractivity (Wildman–Crippen MR) is 85.6 cm³/mol. The third kappa shape index (κ3) is 2.68. The van der Waals surface area contributed by atoms with Gasteiger partial charge in [0.15, 0.2) is 5.65 Å². The molecule has 0 aliphatic carbocycles. The number of hydrogen-bond donors (Lipinski definition) is 0. The Hall–Kier alpha value is -2.74. The van der Waals surface area contributed by atoms with Crippen molar-refractivity contribution < 1.29 is 4.42 Å². The first kappa shape index (κ1) is 13.9. The number of fused-ring (bicyclic) bond motifs is 1. The quantitative estimate of drug-likeness (QED) is 0.421. The van der Waals surface area contributed by atoms with Gasteiger partial charge in [-0.05, 0) is 12.1 Å². The van der Waals surface area contributed by atoms with Gasteiger partial charge in [0.1, 0.15) is 11.4 Å². The number of aromatic nitrogens is 6. The van der Waals surface area contributed by atoms with Gasteiger partial charge in [0, 0.05) is 12.6 Å².